The molecule has 1 aromatic rings. The van der Waals surface area contributed by atoms with Crippen LogP contribution in [0.5, 0.6) is 0 Å². The summed E-state index contributed by atoms with van der Waals surface area (Å²) in [6.07, 6.45) is 0.657. The van der Waals surface area contributed by atoms with Gasteiger partial charge in [0.2, 0.25) is 0 Å². The second-order valence-electron chi connectivity index (χ2n) is 4.05. The lowest BCUT2D eigenvalue weighted by atomic mass is 10.1. The number of rotatable bonds is 5. The van der Waals surface area contributed by atoms with Crippen LogP contribution >= 0.6 is 0 Å². The lowest BCUT2D eigenvalue weighted by Crippen LogP contribution is -2.26. The van der Waals surface area contributed by atoms with Crippen molar-refractivity contribution < 1.29 is 14.2 Å². The zero-order valence-electron chi connectivity index (χ0n) is 10.2. The molecule has 0 bridgehead atoms. The molecule has 1 heterocycles. The molecule has 0 unspecified atom stereocenters. The third-order valence-corrected chi connectivity index (χ3v) is 2.08. The summed E-state index contributed by atoms with van der Waals surface area (Å²) >= 11 is 0. The minimum atomic E-state index is -0.295. The van der Waals surface area contributed by atoms with Gasteiger partial charge in [0, 0.05) is 0 Å². The van der Waals surface area contributed by atoms with Gasteiger partial charge in [-0.3, -0.25) is 9.63 Å². The number of carbonyl (C=O) groups excluding carboxylic acids is 1. The van der Waals surface area contributed by atoms with Crippen molar-refractivity contribution in [1.82, 2.24) is 10.6 Å². The van der Waals surface area contributed by atoms with Crippen LogP contribution in [0.4, 0.5) is 0 Å². The Morgan fingerprint density at radius 3 is 2.81 bits per heavy atom. The minimum absolute atomic E-state index is 0.295. The first kappa shape index (κ1) is 12.7. The average molecular weight is 226 g/mol. The van der Waals surface area contributed by atoms with Gasteiger partial charge in [0.05, 0.1) is 12.3 Å². The summed E-state index contributed by atoms with van der Waals surface area (Å²) in [6.45, 7) is 8.13. The predicted molar refractivity (Wildman–Crippen MR) is 58.9 cm³/mol. The molecule has 0 saturated heterocycles. The monoisotopic (exact) mass is 226 g/mol. The molecule has 0 spiro atoms. The number of nitrogens with one attached hydrogen (secondary N) is 1. The number of amides is 1. The second-order valence-corrected chi connectivity index (χ2v) is 4.05. The van der Waals surface area contributed by atoms with E-state index in [4.69, 9.17) is 9.36 Å². The zero-order valence-corrected chi connectivity index (χ0v) is 10.2. The SMILES string of the molecule is CCc1noc(C)c1C(=O)NOCC(C)C. The molecule has 0 aromatic carbocycles. The van der Waals surface area contributed by atoms with Crippen LogP contribution in [0.3, 0.4) is 0 Å². The number of aromatic nitrogens is 1. The highest BCUT2D eigenvalue weighted by molar-refractivity contribution is 5.95. The van der Waals surface area contributed by atoms with E-state index >= 15 is 0 Å². The number of carbonyl (C=O) groups is 1. The van der Waals surface area contributed by atoms with Gasteiger partial charge in [0.1, 0.15) is 11.3 Å². The molecule has 1 N–H and O–H groups in total. The average Bonchev–Trinajstić information content (AvgIpc) is 2.58. The maximum Gasteiger partial charge on any atom is 0.280 e. The first-order valence-corrected chi connectivity index (χ1v) is 5.43. The van der Waals surface area contributed by atoms with E-state index in [0.29, 0.717) is 36.0 Å². The molecule has 0 aliphatic heterocycles. The highest BCUT2D eigenvalue weighted by atomic mass is 16.7. The molecule has 5 nitrogen and oxygen atoms in total. The van der Waals surface area contributed by atoms with Crippen molar-refractivity contribution in [2.24, 2.45) is 5.92 Å². The van der Waals surface area contributed by atoms with Gasteiger partial charge in [-0.15, -0.1) is 0 Å². The molecule has 90 valence electrons. The molecular weight excluding hydrogens is 208 g/mol. The van der Waals surface area contributed by atoms with Gasteiger partial charge in [-0.05, 0) is 19.3 Å². The van der Waals surface area contributed by atoms with Crippen LogP contribution in [0.25, 0.3) is 0 Å². The van der Waals surface area contributed by atoms with Crippen LogP contribution in [0, 0.1) is 12.8 Å². The summed E-state index contributed by atoms with van der Waals surface area (Å²) in [5, 5.41) is 3.81. The summed E-state index contributed by atoms with van der Waals surface area (Å²) in [5.41, 5.74) is 3.53. The van der Waals surface area contributed by atoms with E-state index < -0.39 is 0 Å². The van der Waals surface area contributed by atoms with Gasteiger partial charge in [0.25, 0.3) is 5.91 Å². The van der Waals surface area contributed by atoms with Gasteiger partial charge in [-0.2, -0.15) is 0 Å². The molecule has 16 heavy (non-hydrogen) atoms. The minimum Gasteiger partial charge on any atom is -0.361 e. The van der Waals surface area contributed by atoms with Crippen LogP contribution in [-0.2, 0) is 11.3 Å². The normalized spacial score (nSPS) is 10.8. The van der Waals surface area contributed by atoms with Crippen LogP contribution < -0.4 is 5.48 Å². The topological polar surface area (TPSA) is 64.4 Å². The van der Waals surface area contributed by atoms with Crippen molar-refractivity contribution in [2.75, 3.05) is 6.61 Å². The fourth-order valence-electron chi connectivity index (χ4n) is 1.28. The molecular formula is C11H18N2O3. The smallest absolute Gasteiger partial charge is 0.280 e. The molecule has 0 atom stereocenters. The Bertz CT molecular complexity index is 358. The zero-order chi connectivity index (χ0) is 12.1. The van der Waals surface area contributed by atoms with Gasteiger partial charge in [-0.1, -0.05) is 25.9 Å². The fraction of sp³-hybridized carbons (Fsp3) is 0.636. The van der Waals surface area contributed by atoms with Crippen molar-refractivity contribution in [3.8, 4) is 0 Å². The third-order valence-electron chi connectivity index (χ3n) is 2.08. The van der Waals surface area contributed by atoms with Crippen molar-refractivity contribution in [3.63, 3.8) is 0 Å². The molecule has 1 rings (SSSR count). The molecule has 0 aliphatic rings. The highest BCUT2D eigenvalue weighted by Crippen LogP contribution is 2.13. The lowest BCUT2D eigenvalue weighted by molar-refractivity contribution is 0.0207. The van der Waals surface area contributed by atoms with Crippen molar-refractivity contribution in [1.29, 1.82) is 0 Å². The first-order valence-electron chi connectivity index (χ1n) is 5.43. The van der Waals surface area contributed by atoms with E-state index in [1.807, 2.05) is 20.8 Å². The number of aryl methyl sites for hydroxylation is 2. The van der Waals surface area contributed by atoms with E-state index in [2.05, 4.69) is 10.6 Å². The lowest BCUT2D eigenvalue weighted by Gasteiger charge is -2.07. The molecule has 1 amide bonds. The summed E-state index contributed by atoms with van der Waals surface area (Å²) in [5.74, 6) is 0.591. The van der Waals surface area contributed by atoms with Gasteiger partial charge < -0.3 is 4.52 Å². The summed E-state index contributed by atoms with van der Waals surface area (Å²) in [4.78, 5) is 16.8. The molecule has 0 saturated carbocycles. The van der Waals surface area contributed by atoms with E-state index in [0.717, 1.165) is 0 Å². The van der Waals surface area contributed by atoms with Crippen molar-refractivity contribution in [2.45, 2.75) is 34.1 Å². The number of hydroxylamine groups is 1. The standard InChI is InChI=1S/C11H18N2O3/c1-5-9-10(8(4)16-12-9)11(14)13-15-6-7(2)3/h7H,5-6H2,1-4H3,(H,13,14). The summed E-state index contributed by atoms with van der Waals surface area (Å²) in [7, 11) is 0. The Labute approximate surface area is 95.1 Å². The van der Waals surface area contributed by atoms with Crippen LogP contribution in [-0.4, -0.2) is 17.7 Å². The first-order chi connectivity index (χ1) is 7.56. The van der Waals surface area contributed by atoms with Crippen molar-refractivity contribution in [3.05, 3.63) is 17.0 Å². The molecule has 0 fully saturated rings. The predicted octanol–water partition coefficient (Wildman–Crippen LogP) is 1.86. The molecule has 5 heteroatoms. The van der Waals surface area contributed by atoms with Crippen molar-refractivity contribution >= 4 is 5.91 Å². The van der Waals surface area contributed by atoms with E-state index in [1.54, 1.807) is 6.92 Å². The van der Waals surface area contributed by atoms with E-state index in [9.17, 15) is 4.79 Å². The van der Waals surface area contributed by atoms with Crippen LogP contribution in [0.1, 0.15) is 42.6 Å². The molecule has 0 aliphatic carbocycles. The fourth-order valence-corrected chi connectivity index (χ4v) is 1.28. The Kier molecular flexibility index (Phi) is 4.49. The Hall–Kier alpha value is -1.36. The Morgan fingerprint density at radius 1 is 1.56 bits per heavy atom. The summed E-state index contributed by atoms with van der Waals surface area (Å²) in [6, 6.07) is 0. The largest absolute Gasteiger partial charge is 0.361 e. The van der Waals surface area contributed by atoms with Gasteiger partial charge >= 0.3 is 0 Å². The molecule has 0 radical (unpaired) electrons. The molecule has 1 aromatic heterocycles. The summed E-state index contributed by atoms with van der Waals surface area (Å²) < 4.78 is 4.97. The Balaban J connectivity index is 2.62. The highest BCUT2D eigenvalue weighted by Gasteiger charge is 2.19. The number of hydrogen-bond acceptors (Lipinski definition) is 4. The van der Waals surface area contributed by atoms with Gasteiger partial charge in [0.15, 0.2) is 0 Å². The quantitative estimate of drug-likeness (QED) is 0.778. The maximum atomic E-state index is 11.8. The van der Waals surface area contributed by atoms with Crippen LogP contribution in [0.2, 0.25) is 0 Å². The van der Waals surface area contributed by atoms with Crippen LogP contribution in [0.15, 0.2) is 4.52 Å². The van der Waals surface area contributed by atoms with E-state index in [1.165, 1.54) is 0 Å². The maximum absolute atomic E-state index is 11.8. The second kappa shape index (κ2) is 5.65. The third kappa shape index (κ3) is 3.06. The van der Waals surface area contributed by atoms with E-state index in [-0.39, 0.29) is 5.91 Å². The van der Waals surface area contributed by atoms with Gasteiger partial charge in [-0.25, -0.2) is 5.48 Å². The number of nitrogens with zero attached hydrogens (tertiary/aromatic N) is 1. The number of hydrogen-bond donors (Lipinski definition) is 1. The Morgan fingerprint density at radius 2 is 2.25 bits per heavy atom.